The second kappa shape index (κ2) is 7.23. The molecule has 0 amide bonds. The summed E-state index contributed by atoms with van der Waals surface area (Å²) in [6.45, 7) is 3.29. The number of nitrogens with one attached hydrogen (secondary N) is 1. The molecule has 0 spiro atoms. The normalized spacial score (nSPS) is 17.1. The summed E-state index contributed by atoms with van der Waals surface area (Å²) in [5.74, 6) is 0.907. The lowest BCUT2D eigenvalue weighted by atomic mass is 10.1. The van der Waals surface area contributed by atoms with Gasteiger partial charge < -0.3 is 4.74 Å². The van der Waals surface area contributed by atoms with Crippen molar-refractivity contribution in [1.82, 2.24) is 4.72 Å². The minimum atomic E-state index is -3.80. The number of nitrogens with two attached hydrogens (primary N) is 1. The van der Waals surface area contributed by atoms with Crippen LogP contribution < -0.4 is 14.6 Å². The van der Waals surface area contributed by atoms with E-state index in [2.05, 4.69) is 4.72 Å². The number of benzene rings is 2. The molecule has 3 rings (SSSR count). The van der Waals surface area contributed by atoms with E-state index in [9.17, 15) is 16.8 Å². The van der Waals surface area contributed by atoms with Crippen molar-refractivity contribution >= 4 is 20.0 Å². The summed E-state index contributed by atoms with van der Waals surface area (Å²) in [6.07, 6.45) is 1.21. The minimum Gasteiger partial charge on any atom is -0.457 e. The Balaban J connectivity index is 1.75. The van der Waals surface area contributed by atoms with Crippen LogP contribution in [0.15, 0.2) is 47.4 Å². The van der Waals surface area contributed by atoms with Gasteiger partial charge in [0, 0.05) is 12.1 Å². The van der Waals surface area contributed by atoms with Crippen molar-refractivity contribution in [2.45, 2.75) is 42.9 Å². The van der Waals surface area contributed by atoms with Crippen LogP contribution in [0.3, 0.4) is 0 Å². The average Bonchev–Trinajstić information content (AvgIpc) is 2.95. The Kier molecular flexibility index (Phi) is 5.31. The Morgan fingerprint density at radius 2 is 1.67 bits per heavy atom. The van der Waals surface area contributed by atoms with E-state index in [0.717, 1.165) is 11.1 Å². The Morgan fingerprint density at radius 1 is 1.00 bits per heavy atom. The molecule has 1 atom stereocenters. The first-order valence-electron chi connectivity index (χ1n) is 8.48. The predicted molar refractivity (Wildman–Crippen MR) is 103 cm³/mol. The van der Waals surface area contributed by atoms with Gasteiger partial charge in [-0.2, -0.15) is 0 Å². The minimum absolute atomic E-state index is 0.0238. The van der Waals surface area contributed by atoms with E-state index in [1.165, 1.54) is 12.1 Å². The molecule has 0 heterocycles. The van der Waals surface area contributed by atoms with Crippen LogP contribution in [0.25, 0.3) is 0 Å². The molecular formula is C18H22N2O5S2. The summed E-state index contributed by atoms with van der Waals surface area (Å²) in [4.78, 5) is -0.0238. The van der Waals surface area contributed by atoms with Gasteiger partial charge in [-0.15, -0.1) is 0 Å². The molecule has 0 aromatic heterocycles. The topological polar surface area (TPSA) is 116 Å². The van der Waals surface area contributed by atoms with Gasteiger partial charge in [0.05, 0.1) is 10.1 Å². The molecule has 3 N–H and O–H groups in total. The van der Waals surface area contributed by atoms with E-state index in [-0.39, 0.29) is 10.9 Å². The molecule has 9 heteroatoms. The molecule has 2 aromatic carbocycles. The highest BCUT2D eigenvalue weighted by Gasteiger charge is 2.27. The summed E-state index contributed by atoms with van der Waals surface area (Å²) < 4.78 is 55.5. The number of hydrogen-bond donors (Lipinski definition) is 2. The van der Waals surface area contributed by atoms with Crippen molar-refractivity contribution in [3.8, 4) is 11.5 Å². The lowest BCUT2D eigenvalue weighted by molar-refractivity contribution is 0.480. The highest BCUT2D eigenvalue weighted by Crippen LogP contribution is 2.30. The maximum atomic E-state index is 12.1. The predicted octanol–water partition coefficient (Wildman–Crippen LogP) is 1.92. The van der Waals surface area contributed by atoms with Gasteiger partial charge in [0.1, 0.15) is 11.5 Å². The van der Waals surface area contributed by atoms with Crippen molar-refractivity contribution in [3.63, 3.8) is 0 Å². The van der Waals surface area contributed by atoms with E-state index in [1.54, 1.807) is 32.0 Å². The Hall–Kier alpha value is -1.94. The molecule has 0 saturated carbocycles. The van der Waals surface area contributed by atoms with Crippen LogP contribution >= 0.6 is 0 Å². The molecule has 1 aliphatic carbocycles. The van der Waals surface area contributed by atoms with E-state index >= 15 is 0 Å². The standard InChI is InChI=1S/C18H22N2O5S2/c1-12(2)27(23,24)20-15-8-13-6-7-17(10-14(13)9-15)25-16-4-3-5-18(11-16)26(19,21)22/h3-7,10-12,15,20H,8-9H2,1-2H3,(H2,19,21,22)/t15-/m0/s1. The van der Waals surface area contributed by atoms with Gasteiger partial charge in [0.25, 0.3) is 0 Å². The zero-order valence-electron chi connectivity index (χ0n) is 15.0. The first-order valence-corrected chi connectivity index (χ1v) is 11.6. The fraction of sp³-hybridized carbons (Fsp3) is 0.333. The quantitative estimate of drug-likeness (QED) is 0.755. The van der Waals surface area contributed by atoms with Crippen LogP contribution in [0.1, 0.15) is 25.0 Å². The Bertz CT molecular complexity index is 1060. The summed E-state index contributed by atoms with van der Waals surface area (Å²) >= 11 is 0. The van der Waals surface area contributed by atoms with Crippen LogP contribution in [0.2, 0.25) is 0 Å². The molecule has 0 radical (unpaired) electrons. The molecule has 0 aliphatic heterocycles. The molecule has 7 nitrogen and oxygen atoms in total. The van der Waals surface area contributed by atoms with Crippen molar-refractivity contribution in [1.29, 1.82) is 0 Å². The third kappa shape index (κ3) is 4.67. The number of hydrogen-bond acceptors (Lipinski definition) is 5. The van der Waals surface area contributed by atoms with Gasteiger partial charge in [-0.25, -0.2) is 26.7 Å². The van der Waals surface area contributed by atoms with E-state index in [1.807, 2.05) is 12.1 Å². The number of primary sulfonamides is 1. The monoisotopic (exact) mass is 410 g/mol. The summed E-state index contributed by atoms with van der Waals surface area (Å²) in [5.41, 5.74) is 2.07. The van der Waals surface area contributed by atoms with Gasteiger partial charge in [0.15, 0.2) is 0 Å². The lowest BCUT2D eigenvalue weighted by Crippen LogP contribution is -2.39. The second-order valence-corrected chi connectivity index (χ2v) is 10.7. The number of ether oxygens (including phenoxy) is 1. The highest BCUT2D eigenvalue weighted by molar-refractivity contribution is 7.90. The van der Waals surface area contributed by atoms with Gasteiger partial charge in [-0.1, -0.05) is 12.1 Å². The van der Waals surface area contributed by atoms with E-state index in [4.69, 9.17) is 9.88 Å². The molecule has 0 saturated heterocycles. The van der Waals surface area contributed by atoms with Crippen LogP contribution in [0.5, 0.6) is 11.5 Å². The molecule has 0 unspecified atom stereocenters. The van der Waals surface area contributed by atoms with Crippen LogP contribution in [0.4, 0.5) is 0 Å². The van der Waals surface area contributed by atoms with Crippen LogP contribution in [-0.4, -0.2) is 28.1 Å². The molecular weight excluding hydrogens is 388 g/mol. The Morgan fingerprint density at radius 3 is 2.33 bits per heavy atom. The lowest BCUT2D eigenvalue weighted by Gasteiger charge is -2.14. The molecule has 27 heavy (non-hydrogen) atoms. The van der Waals surface area contributed by atoms with Crippen molar-refractivity contribution < 1.29 is 21.6 Å². The van der Waals surface area contributed by atoms with Crippen molar-refractivity contribution in [3.05, 3.63) is 53.6 Å². The zero-order valence-corrected chi connectivity index (χ0v) is 16.7. The van der Waals surface area contributed by atoms with Crippen LogP contribution in [0, 0.1) is 0 Å². The smallest absolute Gasteiger partial charge is 0.238 e. The van der Waals surface area contributed by atoms with Crippen LogP contribution in [-0.2, 0) is 32.9 Å². The first-order chi connectivity index (χ1) is 12.5. The first kappa shape index (κ1) is 19.8. The van der Waals surface area contributed by atoms with Crippen molar-refractivity contribution in [2.75, 3.05) is 0 Å². The second-order valence-electron chi connectivity index (χ2n) is 6.87. The number of sulfonamides is 2. The van der Waals surface area contributed by atoms with Gasteiger partial charge in [-0.05, 0) is 62.1 Å². The van der Waals surface area contributed by atoms with Gasteiger partial charge >= 0.3 is 0 Å². The summed E-state index contributed by atoms with van der Waals surface area (Å²) in [5, 5.41) is 4.66. The van der Waals surface area contributed by atoms with E-state index in [0.29, 0.717) is 24.3 Å². The third-order valence-electron chi connectivity index (χ3n) is 4.43. The Labute approximate surface area is 159 Å². The molecule has 146 valence electrons. The average molecular weight is 411 g/mol. The maximum Gasteiger partial charge on any atom is 0.238 e. The van der Waals surface area contributed by atoms with Gasteiger partial charge in [-0.3, -0.25) is 0 Å². The van der Waals surface area contributed by atoms with Crippen molar-refractivity contribution in [2.24, 2.45) is 5.14 Å². The molecule has 2 aromatic rings. The largest absolute Gasteiger partial charge is 0.457 e. The fourth-order valence-electron chi connectivity index (χ4n) is 2.96. The maximum absolute atomic E-state index is 12.1. The molecule has 0 fully saturated rings. The SMILES string of the molecule is CC(C)S(=O)(=O)N[C@H]1Cc2ccc(Oc3cccc(S(N)(=O)=O)c3)cc2C1. The fourth-order valence-corrected chi connectivity index (χ4v) is 4.41. The summed E-state index contributed by atoms with van der Waals surface area (Å²) in [6, 6.07) is 11.3. The number of fused-ring (bicyclic) bond motifs is 1. The summed E-state index contributed by atoms with van der Waals surface area (Å²) in [7, 11) is -7.13. The highest BCUT2D eigenvalue weighted by atomic mass is 32.2. The zero-order chi connectivity index (χ0) is 19.8. The third-order valence-corrected chi connectivity index (χ3v) is 7.25. The number of rotatable bonds is 6. The van der Waals surface area contributed by atoms with Gasteiger partial charge in [0.2, 0.25) is 20.0 Å². The molecule has 0 bridgehead atoms. The van der Waals surface area contributed by atoms with E-state index < -0.39 is 25.3 Å². The molecule has 1 aliphatic rings.